The van der Waals surface area contributed by atoms with Gasteiger partial charge in [0.15, 0.2) is 6.10 Å². The average molecular weight is 327 g/mol. The summed E-state index contributed by atoms with van der Waals surface area (Å²) in [6, 6.07) is 7.51. The Morgan fingerprint density at radius 1 is 1.47 bits per heavy atom. The van der Waals surface area contributed by atoms with E-state index in [4.69, 9.17) is 10.5 Å². The largest absolute Gasteiger partial charge is 0.481 e. The summed E-state index contributed by atoms with van der Waals surface area (Å²) in [6.07, 6.45) is 1.79. The van der Waals surface area contributed by atoms with Crippen LogP contribution in [0.1, 0.15) is 19.8 Å². The van der Waals surface area contributed by atoms with Crippen molar-refractivity contribution in [2.45, 2.75) is 31.9 Å². The van der Waals surface area contributed by atoms with Crippen LogP contribution in [0.5, 0.6) is 5.75 Å². The van der Waals surface area contributed by atoms with Crippen molar-refractivity contribution >= 4 is 21.8 Å². The minimum Gasteiger partial charge on any atom is -0.481 e. The number of hydrogen-bond donors (Lipinski definition) is 2. The SMILES string of the molecule is CC(Oc1ccc(Br)cc1)C(=O)NC(CN)C1CC1. The van der Waals surface area contributed by atoms with Crippen LogP contribution >= 0.6 is 15.9 Å². The summed E-state index contributed by atoms with van der Waals surface area (Å²) in [5.74, 6) is 1.13. The van der Waals surface area contributed by atoms with Gasteiger partial charge in [0.1, 0.15) is 5.75 Å². The van der Waals surface area contributed by atoms with Crippen molar-refractivity contribution < 1.29 is 9.53 Å². The lowest BCUT2D eigenvalue weighted by Gasteiger charge is -2.20. The van der Waals surface area contributed by atoms with E-state index in [9.17, 15) is 4.79 Å². The summed E-state index contributed by atoms with van der Waals surface area (Å²) < 4.78 is 6.58. The summed E-state index contributed by atoms with van der Waals surface area (Å²) in [6.45, 7) is 2.24. The van der Waals surface area contributed by atoms with Gasteiger partial charge in [-0.2, -0.15) is 0 Å². The number of benzene rings is 1. The molecule has 1 aliphatic carbocycles. The lowest BCUT2D eigenvalue weighted by molar-refractivity contribution is -0.128. The molecule has 5 heteroatoms. The Bertz CT molecular complexity index is 432. The Kier molecular flexibility index (Phi) is 4.82. The van der Waals surface area contributed by atoms with E-state index < -0.39 is 6.10 Å². The Morgan fingerprint density at radius 2 is 2.11 bits per heavy atom. The van der Waals surface area contributed by atoms with Crippen molar-refractivity contribution in [3.05, 3.63) is 28.7 Å². The molecule has 3 N–H and O–H groups in total. The monoisotopic (exact) mass is 326 g/mol. The van der Waals surface area contributed by atoms with E-state index in [1.165, 1.54) is 0 Å². The van der Waals surface area contributed by atoms with Crippen LogP contribution < -0.4 is 15.8 Å². The van der Waals surface area contributed by atoms with Gasteiger partial charge in [-0.05, 0) is 49.9 Å². The van der Waals surface area contributed by atoms with Gasteiger partial charge in [0, 0.05) is 17.1 Å². The van der Waals surface area contributed by atoms with E-state index in [-0.39, 0.29) is 11.9 Å². The number of nitrogens with two attached hydrogens (primary N) is 1. The number of hydrogen-bond acceptors (Lipinski definition) is 3. The molecule has 4 nitrogen and oxygen atoms in total. The molecule has 2 unspecified atom stereocenters. The molecule has 1 aromatic carbocycles. The minimum atomic E-state index is -0.519. The maximum Gasteiger partial charge on any atom is 0.261 e. The number of carbonyl (C=O) groups is 1. The summed E-state index contributed by atoms with van der Waals surface area (Å²) >= 11 is 3.36. The molecule has 0 aliphatic heterocycles. The topological polar surface area (TPSA) is 64.3 Å². The number of carbonyl (C=O) groups excluding carboxylic acids is 1. The van der Waals surface area contributed by atoms with Crippen LogP contribution in [0.2, 0.25) is 0 Å². The third-order valence-electron chi connectivity index (χ3n) is 3.27. The Balaban J connectivity index is 1.86. The number of nitrogens with one attached hydrogen (secondary N) is 1. The molecule has 19 heavy (non-hydrogen) atoms. The Hall–Kier alpha value is -1.07. The second kappa shape index (κ2) is 6.39. The zero-order valence-electron chi connectivity index (χ0n) is 10.9. The first kappa shape index (κ1) is 14.3. The van der Waals surface area contributed by atoms with Gasteiger partial charge in [0.25, 0.3) is 5.91 Å². The molecule has 2 atom stereocenters. The van der Waals surface area contributed by atoms with E-state index in [2.05, 4.69) is 21.2 Å². The smallest absolute Gasteiger partial charge is 0.261 e. The van der Waals surface area contributed by atoms with Crippen molar-refractivity contribution in [1.82, 2.24) is 5.32 Å². The molecule has 2 rings (SSSR count). The molecule has 1 aliphatic rings. The van der Waals surface area contributed by atoms with Gasteiger partial charge >= 0.3 is 0 Å². The normalized spacial score (nSPS) is 17.6. The molecular formula is C14H19BrN2O2. The first-order valence-electron chi connectivity index (χ1n) is 6.53. The van der Waals surface area contributed by atoms with Gasteiger partial charge in [-0.15, -0.1) is 0 Å². The molecule has 1 saturated carbocycles. The van der Waals surface area contributed by atoms with Gasteiger partial charge in [-0.1, -0.05) is 15.9 Å². The quantitative estimate of drug-likeness (QED) is 0.841. The lowest BCUT2D eigenvalue weighted by Crippen LogP contribution is -2.46. The summed E-state index contributed by atoms with van der Waals surface area (Å²) in [5, 5.41) is 2.96. The van der Waals surface area contributed by atoms with Gasteiger partial charge < -0.3 is 15.8 Å². The molecule has 0 saturated heterocycles. The summed E-state index contributed by atoms with van der Waals surface area (Å²) in [5.41, 5.74) is 5.67. The van der Waals surface area contributed by atoms with Crippen LogP contribution in [-0.2, 0) is 4.79 Å². The van der Waals surface area contributed by atoms with Gasteiger partial charge in [-0.3, -0.25) is 4.79 Å². The molecule has 104 valence electrons. The second-order valence-corrected chi connectivity index (χ2v) is 5.82. The number of ether oxygens (including phenoxy) is 1. The first-order valence-corrected chi connectivity index (χ1v) is 7.32. The molecule has 0 radical (unpaired) electrons. The average Bonchev–Trinajstić information content (AvgIpc) is 3.22. The summed E-state index contributed by atoms with van der Waals surface area (Å²) in [7, 11) is 0. The maximum atomic E-state index is 12.0. The predicted octanol–water partition coefficient (Wildman–Crippen LogP) is 2.07. The zero-order valence-corrected chi connectivity index (χ0v) is 12.5. The fraction of sp³-hybridized carbons (Fsp3) is 0.500. The van der Waals surface area contributed by atoms with E-state index in [0.717, 1.165) is 17.3 Å². The minimum absolute atomic E-state index is 0.0865. The van der Waals surface area contributed by atoms with Crippen molar-refractivity contribution in [2.75, 3.05) is 6.54 Å². The molecule has 1 fully saturated rings. The van der Waals surface area contributed by atoms with Crippen LogP contribution in [0.25, 0.3) is 0 Å². The van der Waals surface area contributed by atoms with E-state index in [1.54, 1.807) is 6.92 Å². The molecule has 1 amide bonds. The highest BCUT2D eigenvalue weighted by atomic mass is 79.9. The molecule has 0 aromatic heterocycles. The van der Waals surface area contributed by atoms with Gasteiger partial charge in [-0.25, -0.2) is 0 Å². The van der Waals surface area contributed by atoms with Gasteiger partial charge in [0.2, 0.25) is 0 Å². The Labute approximate surface area is 121 Å². The predicted molar refractivity (Wildman–Crippen MR) is 77.9 cm³/mol. The van der Waals surface area contributed by atoms with Crippen molar-refractivity contribution in [1.29, 1.82) is 0 Å². The second-order valence-electron chi connectivity index (χ2n) is 4.90. The molecule has 1 aromatic rings. The highest BCUT2D eigenvalue weighted by Crippen LogP contribution is 2.32. The third kappa shape index (κ3) is 4.21. The fourth-order valence-electron chi connectivity index (χ4n) is 1.94. The van der Waals surface area contributed by atoms with E-state index >= 15 is 0 Å². The molecule has 0 heterocycles. The maximum absolute atomic E-state index is 12.0. The van der Waals surface area contributed by atoms with Crippen LogP contribution in [0.4, 0.5) is 0 Å². The molecule has 0 spiro atoms. The number of rotatable bonds is 6. The lowest BCUT2D eigenvalue weighted by atomic mass is 10.2. The van der Waals surface area contributed by atoms with Crippen LogP contribution in [0, 0.1) is 5.92 Å². The standard InChI is InChI=1S/C14H19BrN2O2/c1-9(19-12-6-4-11(15)5-7-12)14(18)17-13(8-16)10-2-3-10/h4-7,9-10,13H,2-3,8,16H2,1H3,(H,17,18). The van der Waals surface area contributed by atoms with Crippen LogP contribution in [0.15, 0.2) is 28.7 Å². The van der Waals surface area contributed by atoms with Gasteiger partial charge in [0.05, 0.1) is 0 Å². The van der Waals surface area contributed by atoms with Crippen molar-refractivity contribution in [3.8, 4) is 5.75 Å². The number of halogens is 1. The van der Waals surface area contributed by atoms with Crippen LogP contribution in [-0.4, -0.2) is 24.6 Å². The van der Waals surface area contributed by atoms with E-state index in [0.29, 0.717) is 18.2 Å². The molecular weight excluding hydrogens is 308 g/mol. The van der Waals surface area contributed by atoms with Crippen LogP contribution in [0.3, 0.4) is 0 Å². The Morgan fingerprint density at radius 3 is 2.63 bits per heavy atom. The summed E-state index contributed by atoms with van der Waals surface area (Å²) in [4.78, 5) is 12.0. The molecule has 0 bridgehead atoms. The number of amides is 1. The highest BCUT2D eigenvalue weighted by Gasteiger charge is 2.32. The zero-order chi connectivity index (χ0) is 13.8. The van der Waals surface area contributed by atoms with Crippen molar-refractivity contribution in [3.63, 3.8) is 0 Å². The first-order chi connectivity index (χ1) is 9.10. The van der Waals surface area contributed by atoms with E-state index in [1.807, 2.05) is 24.3 Å². The van der Waals surface area contributed by atoms with Crippen molar-refractivity contribution in [2.24, 2.45) is 11.7 Å². The third-order valence-corrected chi connectivity index (χ3v) is 3.80. The highest BCUT2D eigenvalue weighted by molar-refractivity contribution is 9.10. The fourth-order valence-corrected chi connectivity index (χ4v) is 2.20.